The molecule has 0 aliphatic rings. The van der Waals surface area contributed by atoms with E-state index in [1.807, 2.05) is 18.2 Å². The van der Waals surface area contributed by atoms with E-state index < -0.39 is 5.60 Å². The maximum atomic E-state index is 11.2. The standard InChI is InChI=1S/C17H27O2P/c1-5-6-10-13-17(19-20-18,14-16(2,3)4)15-11-8-7-9-12-15/h7-9,11-12H,5-6,10,13-14H2,1-4H3. The van der Waals surface area contributed by atoms with E-state index >= 15 is 0 Å². The molecule has 0 aliphatic carbocycles. The molecule has 0 fully saturated rings. The van der Waals surface area contributed by atoms with Crippen LogP contribution in [0.15, 0.2) is 30.3 Å². The molecule has 0 aliphatic heterocycles. The zero-order valence-electron chi connectivity index (χ0n) is 13.2. The van der Waals surface area contributed by atoms with Crippen molar-refractivity contribution in [3.63, 3.8) is 0 Å². The number of rotatable bonds is 8. The first-order chi connectivity index (χ1) is 9.43. The summed E-state index contributed by atoms with van der Waals surface area (Å²) in [7, 11) is -0.233. The molecule has 1 aromatic rings. The van der Waals surface area contributed by atoms with Crippen LogP contribution in [0.4, 0.5) is 0 Å². The van der Waals surface area contributed by atoms with Crippen LogP contribution in [0.1, 0.15) is 65.4 Å². The summed E-state index contributed by atoms with van der Waals surface area (Å²) in [5.74, 6) is 0. The Hall–Kier alpha value is -0.720. The second-order valence-electron chi connectivity index (χ2n) is 6.72. The Balaban J connectivity index is 3.08. The van der Waals surface area contributed by atoms with Gasteiger partial charge in [0.25, 0.3) is 0 Å². The van der Waals surface area contributed by atoms with Crippen molar-refractivity contribution in [2.75, 3.05) is 0 Å². The van der Waals surface area contributed by atoms with Gasteiger partial charge in [-0.3, -0.25) is 4.52 Å². The summed E-state index contributed by atoms with van der Waals surface area (Å²) in [6.45, 7) is 8.81. The van der Waals surface area contributed by atoms with Crippen LogP contribution in [0.25, 0.3) is 0 Å². The zero-order chi connectivity index (χ0) is 15.1. The lowest BCUT2D eigenvalue weighted by molar-refractivity contribution is 0.0246. The molecule has 1 atom stereocenters. The molecule has 1 unspecified atom stereocenters. The van der Waals surface area contributed by atoms with E-state index in [9.17, 15) is 4.57 Å². The molecule has 1 aromatic carbocycles. The highest BCUT2D eigenvalue weighted by Gasteiger charge is 2.37. The van der Waals surface area contributed by atoms with Crippen molar-refractivity contribution in [2.24, 2.45) is 5.41 Å². The summed E-state index contributed by atoms with van der Waals surface area (Å²) in [5, 5.41) is 0. The van der Waals surface area contributed by atoms with Crippen LogP contribution < -0.4 is 0 Å². The van der Waals surface area contributed by atoms with Gasteiger partial charge in [-0.1, -0.05) is 77.3 Å². The van der Waals surface area contributed by atoms with E-state index in [4.69, 9.17) is 4.52 Å². The molecule has 20 heavy (non-hydrogen) atoms. The van der Waals surface area contributed by atoms with Gasteiger partial charge in [-0.05, 0) is 23.8 Å². The van der Waals surface area contributed by atoms with Gasteiger partial charge in [-0.25, -0.2) is 4.57 Å². The first-order valence-corrected chi connectivity index (χ1v) is 8.23. The summed E-state index contributed by atoms with van der Waals surface area (Å²) in [6, 6.07) is 10.2. The van der Waals surface area contributed by atoms with Crippen molar-refractivity contribution in [3.8, 4) is 0 Å². The summed E-state index contributed by atoms with van der Waals surface area (Å²) >= 11 is 0. The van der Waals surface area contributed by atoms with Crippen molar-refractivity contribution in [3.05, 3.63) is 35.9 Å². The lowest BCUT2D eigenvalue weighted by atomic mass is 9.75. The molecular weight excluding hydrogens is 267 g/mol. The minimum absolute atomic E-state index is 0.118. The third-order valence-electron chi connectivity index (χ3n) is 3.51. The van der Waals surface area contributed by atoms with Gasteiger partial charge in [-0.15, -0.1) is 0 Å². The molecular formula is C17H27O2P. The van der Waals surface area contributed by atoms with Crippen LogP contribution in [-0.4, -0.2) is 0 Å². The molecule has 0 bridgehead atoms. The van der Waals surface area contributed by atoms with Gasteiger partial charge in [0.15, 0.2) is 0 Å². The first-order valence-electron chi connectivity index (χ1n) is 7.50. The van der Waals surface area contributed by atoms with Crippen LogP contribution in [-0.2, 0) is 14.7 Å². The van der Waals surface area contributed by atoms with Gasteiger partial charge in [-0.2, -0.15) is 0 Å². The average molecular weight is 294 g/mol. The van der Waals surface area contributed by atoms with E-state index in [-0.39, 0.29) is 14.1 Å². The highest BCUT2D eigenvalue weighted by Crippen LogP contribution is 2.43. The number of benzene rings is 1. The summed E-state index contributed by atoms with van der Waals surface area (Å²) in [5.41, 5.74) is 0.805. The fourth-order valence-electron chi connectivity index (χ4n) is 2.80. The fraction of sp³-hybridized carbons (Fsp3) is 0.647. The Labute approximate surface area is 125 Å². The third kappa shape index (κ3) is 5.34. The Bertz CT molecular complexity index is 397. The molecule has 0 amide bonds. The molecule has 3 heteroatoms. The predicted molar refractivity (Wildman–Crippen MR) is 85.0 cm³/mol. The second kappa shape index (κ2) is 7.90. The molecule has 1 rings (SSSR count). The molecule has 2 nitrogen and oxygen atoms in total. The highest BCUT2D eigenvalue weighted by atomic mass is 31.1. The van der Waals surface area contributed by atoms with Crippen LogP contribution in [0.3, 0.4) is 0 Å². The quantitative estimate of drug-likeness (QED) is 0.426. The minimum atomic E-state index is -0.446. The molecule has 0 saturated carbocycles. The van der Waals surface area contributed by atoms with Gasteiger partial charge >= 0.3 is 8.69 Å². The summed E-state index contributed by atoms with van der Waals surface area (Å²) in [6.07, 6.45) is 5.23. The maximum Gasteiger partial charge on any atom is 0.328 e. The number of hydrogen-bond acceptors (Lipinski definition) is 2. The predicted octanol–water partition coefficient (Wildman–Crippen LogP) is 6.12. The molecule has 0 saturated heterocycles. The Kier molecular flexibility index (Phi) is 6.85. The topological polar surface area (TPSA) is 26.3 Å². The second-order valence-corrected chi connectivity index (χ2v) is 7.05. The molecule has 0 radical (unpaired) electrons. The highest BCUT2D eigenvalue weighted by molar-refractivity contribution is 7.17. The van der Waals surface area contributed by atoms with E-state index in [1.165, 1.54) is 12.8 Å². The lowest BCUT2D eigenvalue weighted by Crippen LogP contribution is -2.32. The van der Waals surface area contributed by atoms with Gasteiger partial charge in [0.2, 0.25) is 0 Å². The Morgan fingerprint density at radius 2 is 1.75 bits per heavy atom. The summed E-state index contributed by atoms with van der Waals surface area (Å²) in [4.78, 5) is 0. The molecule has 0 N–H and O–H groups in total. The monoisotopic (exact) mass is 294 g/mol. The molecule has 0 spiro atoms. The van der Waals surface area contributed by atoms with Crippen molar-refractivity contribution >= 4 is 8.69 Å². The SMILES string of the molecule is CCCCCC(CC(C)(C)C)(OP=O)c1ccccc1. The van der Waals surface area contributed by atoms with Gasteiger partial charge in [0.1, 0.15) is 5.60 Å². The smallest absolute Gasteiger partial charge is 0.283 e. The normalized spacial score (nSPS) is 15.2. The van der Waals surface area contributed by atoms with Crippen LogP contribution in [0, 0.1) is 5.41 Å². The van der Waals surface area contributed by atoms with E-state index in [1.54, 1.807) is 0 Å². The van der Waals surface area contributed by atoms with Crippen molar-refractivity contribution in [2.45, 2.75) is 65.4 Å². The zero-order valence-corrected chi connectivity index (χ0v) is 14.1. The Morgan fingerprint density at radius 3 is 2.25 bits per heavy atom. The maximum absolute atomic E-state index is 11.2. The Morgan fingerprint density at radius 1 is 1.10 bits per heavy atom. The van der Waals surface area contributed by atoms with Gasteiger partial charge in [0.05, 0.1) is 0 Å². The first kappa shape index (κ1) is 17.3. The van der Waals surface area contributed by atoms with Gasteiger partial charge < -0.3 is 0 Å². The third-order valence-corrected chi connectivity index (χ3v) is 3.94. The van der Waals surface area contributed by atoms with Gasteiger partial charge in [0, 0.05) is 0 Å². The number of hydrogen-bond donors (Lipinski definition) is 0. The van der Waals surface area contributed by atoms with E-state index in [0.717, 1.165) is 24.8 Å². The van der Waals surface area contributed by atoms with Crippen LogP contribution in [0.5, 0.6) is 0 Å². The van der Waals surface area contributed by atoms with E-state index in [2.05, 4.69) is 39.8 Å². The molecule has 0 aromatic heterocycles. The van der Waals surface area contributed by atoms with E-state index in [0.29, 0.717) is 0 Å². The lowest BCUT2D eigenvalue weighted by Gasteiger charge is -2.37. The van der Waals surface area contributed by atoms with Crippen LogP contribution >= 0.6 is 8.69 Å². The fourth-order valence-corrected chi connectivity index (χ4v) is 3.20. The van der Waals surface area contributed by atoms with Crippen LogP contribution in [0.2, 0.25) is 0 Å². The average Bonchev–Trinajstić information content (AvgIpc) is 2.38. The van der Waals surface area contributed by atoms with Crippen molar-refractivity contribution < 1.29 is 9.09 Å². The number of unbranched alkanes of at least 4 members (excludes halogenated alkanes) is 2. The van der Waals surface area contributed by atoms with Crippen molar-refractivity contribution in [1.29, 1.82) is 0 Å². The minimum Gasteiger partial charge on any atom is -0.283 e. The molecule has 0 heterocycles. The van der Waals surface area contributed by atoms with Crippen molar-refractivity contribution in [1.82, 2.24) is 0 Å². The molecule has 112 valence electrons. The summed E-state index contributed by atoms with van der Waals surface area (Å²) < 4.78 is 16.9. The largest absolute Gasteiger partial charge is 0.328 e.